The molecular weight excluding hydrogens is 274 g/mol. The van der Waals surface area contributed by atoms with Crippen molar-refractivity contribution in [2.24, 2.45) is 0 Å². The number of Topliss-reactive ketones (excluding diaryl/α,β-unsaturated/α-hetero) is 1. The molecule has 0 bridgehead atoms. The molecule has 0 unspecified atom stereocenters. The van der Waals surface area contributed by atoms with Gasteiger partial charge in [-0.2, -0.15) is 0 Å². The fraction of sp³-hybridized carbons (Fsp3) is 0.0714. The van der Waals surface area contributed by atoms with E-state index in [0.717, 1.165) is 12.1 Å². The highest BCUT2D eigenvalue weighted by molar-refractivity contribution is 6.30. The van der Waals surface area contributed by atoms with Crippen LogP contribution in [0.3, 0.4) is 0 Å². The normalized spacial score (nSPS) is 10.3. The van der Waals surface area contributed by atoms with Crippen LogP contribution in [-0.4, -0.2) is 5.78 Å². The van der Waals surface area contributed by atoms with Crippen molar-refractivity contribution in [2.75, 3.05) is 0 Å². The van der Waals surface area contributed by atoms with Crippen molar-refractivity contribution in [1.82, 2.24) is 0 Å². The highest BCUT2D eigenvalue weighted by Crippen LogP contribution is 2.28. The Morgan fingerprint density at radius 1 is 1.11 bits per heavy atom. The molecule has 2 aromatic carbocycles. The molecule has 19 heavy (non-hydrogen) atoms. The Labute approximate surface area is 113 Å². The summed E-state index contributed by atoms with van der Waals surface area (Å²) in [4.78, 5) is 11.1. The summed E-state index contributed by atoms with van der Waals surface area (Å²) >= 11 is 5.59. The minimum atomic E-state index is -0.673. The van der Waals surface area contributed by atoms with Gasteiger partial charge >= 0.3 is 0 Å². The highest BCUT2D eigenvalue weighted by atomic mass is 35.5. The maximum atomic E-state index is 13.7. The third-order valence-electron chi connectivity index (χ3n) is 2.46. The Morgan fingerprint density at radius 2 is 1.84 bits per heavy atom. The molecule has 0 fully saturated rings. The lowest BCUT2D eigenvalue weighted by Gasteiger charge is -2.08. The van der Waals surface area contributed by atoms with E-state index >= 15 is 0 Å². The van der Waals surface area contributed by atoms with Crippen molar-refractivity contribution < 1.29 is 18.3 Å². The first-order chi connectivity index (χ1) is 8.97. The maximum absolute atomic E-state index is 13.7. The molecule has 0 radical (unpaired) electrons. The largest absolute Gasteiger partial charge is 0.454 e. The van der Waals surface area contributed by atoms with Gasteiger partial charge in [-0.05, 0) is 37.3 Å². The standard InChI is InChI=1S/C14H9ClF2O2/c1-8(18)9-2-5-14(13(17)6-9)19-10-3-4-12(16)11(15)7-10/h2-7H,1H3. The van der Waals surface area contributed by atoms with Crippen molar-refractivity contribution in [3.63, 3.8) is 0 Å². The molecule has 2 aromatic rings. The van der Waals surface area contributed by atoms with E-state index in [9.17, 15) is 13.6 Å². The molecule has 0 heterocycles. The highest BCUT2D eigenvalue weighted by Gasteiger charge is 2.09. The molecule has 0 saturated carbocycles. The predicted octanol–water partition coefficient (Wildman–Crippen LogP) is 4.61. The van der Waals surface area contributed by atoms with E-state index < -0.39 is 11.6 Å². The van der Waals surface area contributed by atoms with Crippen LogP contribution in [0.25, 0.3) is 0 Å². The molecule has 0 aromatic heterocycles. The number of halogens is 3. The van der Waals surface area contributed by atoms with Crippen LogP contribution in [0.2, 0.25) is 5.02 Å². The van der Waals surface area contributed by atoms with E-state index in [0.29, 0.717) is 0 Å². The zero-order valence-corrected chi connectivity index (χ0v) is 10.7. The van der Waals surface area contributed by atoms with Crippen molar-refractivity contribution in [1.29, 1.82) is 0 Å². The second-order valence-electron chi connectivity index (χ2n) is 3.88. The van der Waals surface area contributed by atoms with Gasteiger partial charge in [-0.25, -0.2) is 8.78 Å². The summed E-state index contributed by atoms with van der Waals surface area (Å²) < 4.78 is 31.9. The molecule has 0 aliphatic heterocycles. The molecule has 0 spiro atoms. The molecule has 0 amide bonds. The lowest BCUT2D eigenvalue weighted by Crippen LogP contribution is -1.95. The van der Waals surface area contributed by atoms with Gasteiger partial charge in [0.1, 0.15) is 11.6 Å². The monoisotopic (exact) mass is 282 g/mol. The Kier molecular flexibility index (Phi) is 3.81. The predicted molar refractivity (Wildman–Crippen MR) is 67.9 cm³/mol. The first kappa shape index (κ1) is 13.5. The number of ketones is 1. The van der Waals surface area contributed by atoms with Gasteiger partial charge in [0.05, 0.1) is 5.02 Å². The summed E-state index contributed by atoms with van der Waals surface area (Å²) in [5, 5.41) is -0.113. The van der Waals surface area contributed by atoms with E-state index in [1.54, 1.807) is 0 Å². The second-order valence-corrected chi connectivity index (χ2v) is 4.29. The van der Waals surface area contributed by atoms with Gasteiger partial charge < -0.3 is 4.74 Å². The van der Waals surface area contributed by atoms with Crippen LogP contribution in [0.15, 0.2) is 36.4 Å². The number of hydrogen-bond acceptors (Lipinski definition) is 2. The molecular formula is C14H9ClF2O2. The number of carbonyl (C=O) groups is 1. The molecule has 98 valence electrons. The van der Waals surface area contributed by atoms with E-state index in [-0.39, 0.29) is 27.9 Å². The fourth-order valence-corrected chi connectivity index (χ4v) is 1.64. The summed E-state index contributed by atoms with van der Waals surface area (Å²) in [6.07, 6.45) is 0. The lowest BCUT2D eigenvalue weighted by atomic mass is 10.1. The number of ether oxygens (including phenoxy) is 1. The average molecular weight is 283 g/mol. The molecule has 0 saturated heterocycles. The summed E-state index contributed by atoms with van der Waals surface area (Å²) in [7, 11) is 0. The summed E-state index contributed by atoms with van der Waals surface area (Å²) in [6.45, 7) is 1.34. The summed E-state index contributed by atoms with van der Waals surface area (Å²) in [5.74, 6) is -1.35. The van der Waals surface area contributed by atoms with E-state index in [1.165, 1.54) is 31.2 Å². The van der Waals surface area contributed by atoms with Crippen LogP contribution in [0.1, 0.15) is 17.3 Å². The Bertz CT molecular complexity index is 641. The number of rotatable bonds is 3. The van der Waals surface area contributed by atoms with Gasteiger partial charge in [-0.15, -0.1) is 0 Å². The fourth-order valence-electron chi connectivity index (χ4n) is 1.47. The molecule has 0 atom stereocenters. The molecule has 2 nitrogen and oxygen atoms in total. The van der Waals surface area contributed by atoms with Gasteiger partial charge in [-0.3, -0.25) is 4.79 Å². The average Bonchev–Trinajstić information content (AvgIpc) is 2.36. The van der Waals surface area contributed by atoms with E-state index in [4.69, 9.17) is 16.3 Å². The van der Waals surface area contributed by atoms with Crippen molar-refractivity contribution in [3.05, 3.63) is 58.6 Å². The Balaban J connectivity index is 2.28. The SMILES string of the molecule is CC(=O)c1ccc(Oc2ccc(F)c(Cl)c2)c(F)c1. The van der Waals surface area contributed by atoms with Crippen molar-refractivity contribution in [3.8, 4) is 11.5 Å². The van der Waals surface area contributed by atoms with Crippen LogP contribution in [0.4, 0.5) is 8.78 Å². The van der Waals surface area contributed by atoms with Crippen LogP contribution in [0.5, 0.6) is 11.5 Å². The molecule has 0 aliphatic carbocycles. The number of benzene rings is 2. The molecule has 0 aliphatic rings. The van der Waals surface area contributed by atoms with Crippen molar-refractivity contribution >= 4 is 17.4 Å². The minimum Gasteiger partial charge on any atom is -0.454 e. The van der Waals surface area contributed by atoms with Gasteiger partial charge in [0.25, 0.3) is 0 Å². The third-order valence-corrected chi connectivity index (χ3v) is 2.75. The third kappa shape index (κ3) is 3.09. The second kappa shape index (κ2) is 5.36. The van der Waals surface area contributed by atoms with Crippen LogP contribution >= 0.6 is 11.6 Å². The van der Waals surface area contributed by atoms with Gasteiger partial charge in [0, 0.05) is 11.6 Å². The first-order valence-electron chi connectivity index (χ1n) is 5.41. The summed E-state index contributed by atoms with van der Waals surface area (Å²) in [6, 6.07) is 7.58. The molecule has 5 heteroatoms. The molecule has 0 N–H and O–H groups in total. The first-order valence-corrected chi connectivity index (χ1v) is 5.78. The summed E-state index contributed by atoms with van der Waals surface area (Å²) in [5.41, 5.74) is 0.252. The lowest BCUT2D eigenvalue weighted by molar-refractivity contribution is 0.101. The number of carbonyl (C=O) groups excluding carboxylic acids is 1. The molecule has 2 rings (SSSR count). The smallest absolute Gasteiger partial charge is 0.166 e. The van der Waals surface area contributed by atoms with E-state index in [1.807, 2.05) is 0 Å². The van der Waals surface area contributed by atoms with E-state index in [2.05, 4.69) is 0 Å². The van der Waals surface area contributed by atoms with Gasteiger partial charge in [-0.1, -0.05) is 11.6 Å². The topological polar surface area (TPSA) is 26.3 Å². The van der Waals surface area contributed by atoms with Gasteiger partial charge in [0.2, 0.25) is 0 Å². The zero-order valence-electron chi connectivity index (χ0n) is 9.91. The Morgan fingerprint density at radius 3 is 2.42 bits per heavy atom. The van der Waals surface area contributed by atoms with Crippen molar-refractivity contribution in [2.45, 2.75) is 6.92 Å². The number of hydrogen-bond donors (Lipinski definition) is 0. The van der Waals surface area contributed by atoms with Gasteiger partial charge in [0.15, 0.2) is 17.3 Å². The van der Waals surface area contributed by atoms with Crippen LogP contribution < -0.4 is 4.74 Å². The van der Waals surface area contributed by atoms with Crippen LogP contribution in [-0.2, 0) is 0 Å². The Hall–Kier alpha value is -1.94. The quantitative estimate of drug-likeness (QED) is 0.768. The van der Waals surface area contributed by atoms with Crippen LogP contribution in [0, 0.1) is 11.6 Å². The maximum Gasteiger partial charge on any atom is 0.166 e. The zero-order chi connectivity index (χ0) is 14.0. The minimum absolute atomic E-state index is 0.0623.